The van der Waals surface area contributed by atoms with Crippen LogP contribution in [-0.4, -0.2) is 17.0 Å². The number of carbonyl (C=O) groups excluding carboxylic acids is 1. The molecular formula is C18H19F3N2O2. The van der Waals surface area contributed by atoms with Crippen LogP contribution in [0.1, 0.15) is 30.4 Å². The van der Waals surface area contributed by atoms with Crippen molar-refractivity contribution >= 4 is 5.91 Å². The molecule has 1 aromatic heterocycles. The molecule has 0 unspecified atom stereocenters. The minimum absolute atomic E-state index is 0.100. The van der Waals surface area contributed by atoms with Crippen molar-refractivity contribution < 1.29 is 18.0 Å². The van der Waals surface area contributed by atoms with Crippen LogP contribution in [0.25, 0.3) is 0 Å². The lowest BCUT2D eigenvalue weighted by atomic mass is 9.96. The molecule has 134 valence electrons. The summed E-state index contributed by atoms with van der Waals surface area (Å²) in [6.45, 7) is 1.89. The summed E-state index contributed by atoms with van der Waals surface area (Å²) in [4.78, 5) is 23.7. The van der Waals surface area contributed by atoms with E-state index in [-0.39, 0.29) is 5.92 Å². The third kappa shape index (κ3) is 5.20. The zero-order valence-corrected chi connectivity index (χ0v) is 13.7. The van der Waals surface area contributed by atoms with Crippen molar-refractivity contribution in [2.24, 2.45) is 0 Å². The number of benzene rings is 1. The standard InChI is InChI=1S/C18H19F3N2O2/c1-2-13(14-6-4-3-5-7-14)10-22-16(24)12-23-11-15(18(19,20)21)8-9-17(23)25/h3-9,11,13H,2,10,12H2,1H3,(H,22,24)/t13-/m0/s1. The van der Waals surface area contributed by atoms with E-state index >= 15 is 0 Å². The number of hydrogen-bond donors (Lipinski definition) is 1. The maximum absolute atomic E-state index is 12.7. The van der Waals surface area contributed by atoms with Crippen LogP contribution in [0.4, 0.5) is 13.2 Å². The fraction of sp³-hybridized carbons (Fsp3) is 0.333. The molecule has 0 aliphatic rings. The number of carbonyl (C=O) groups is 1. The van der Waals surface area contributed by atoms with Crippen LogP contribution in [0, 0.1) is 0 Å². The fourth-order valence-corrected chi connectivity index (χ4v) is 2.49. The Balaban J connectivity index is 2.02. The van der Waals surface area contributed by atoms with Crippen LogP contribution in [0.5, 0.6) is 0 Å². The zero-order chi connectivity index (χ0) is 18.4. The molecule has 1 N–H and O–H groups in total. The highest BCUT2D eigenvalue weighted by molar-refractivity contribution is 5.75. The van der Waals surface area contributed by atoms with E-state index in [1.54, 1.807) is 0 Å². The van der Waals surface area contributed by atoms with Gasteiger partial charge >= 0.3 is 6.18 Å². The van der Waals surface area contributed by atoms with Gasteiger partial charge in [-0.3, -0.25) is 9.59 Å². The lowest BCUT2D eigenvalue weighted by Crippen LogP contribution is -2.34. The van der Waals surface area contributed by atoms with Gasteiger partial charge in [0.15, 0.2) is 0 Å². The predicted octanol–water partition coefficient (Wildman–Crippen LogP) is 3.18. The summed E-state index contributed by atoms with van der Waals surface area (Å²) in [6.07, 6.45) is -3.10. The molecule has 2 aromatic rings. The molecule has 1 amide bonds. The van der Waals surface area contributed by atoms with Crippen LogP contribution in [0.15, 0.2) is 53.5 Å². The van der Waals surface area contributed by atoms with Crippen molar-refractivity contribution in [3.05, 3.63) is 70.1 Å². The summed E-state index contributed by atoms with van der Waals surface area (Å²) in [5.41, 5.74) is -0.546. The summed E-state index contributed by atoms with van der Waals surface area (Å²) in [7, 11) is 0. The quantitative estimate of drug-likeness (QED) is 0.868. The van der Waals surface area contributed by atoms with Gasteiger partial charge in [0.2, 0.25) is 5.91 Å². The first kappa shape index (κ1) is 18.8. The maximum Gasteiger partial charge on any atom is 0.417 e. The van der Waals surface area contributed by atoms with Gasteiger partial charge in [-0.2, -0.15) is 13.2 Å². The first-order valence-corrected chi connectivity index (χ1v) is 7.90. The molecule has 0 saturated carbocycles. The third-order valence-corrected chi connectivity index (χ3v) is 3.93. The van der Waals surface area contributed by atoms with Crippen molar-refractivity contribution in [2.45, 2.75) is 32.0 Å². The minimum Gasteiger partial charge on any atom is -0.354 e. The van der Waals surface area contributed by atoms with Gasteiger partial charge < -0.3 is 9.88 Å². The first-order valence-electron chi connectivity index (χ1n) is 7.90. The van der Waals surface area contributed by atoms with Crippen molar-refractivity contribution in [2.75, 3.05) is 6.54 Å². The molecule has 0 fully saturated rings. The molecule has 4 nitrogen and oxygen atoms in total. The van der Waals surface area contributed by atoms with E-state index in [1.165, 1.54) is 0 Å². The largest absolute Gasteiger partial charge is 0.417 e. The number of pyridine rings is 1. The summed E-state index contributed by atoms with van der Waals surface area (Å²) >= 11 is 0. The van der Waals surface area contributed by atoms with Gasteiger partial charge in [0.05, 0.1) is 5.56 Å². The van der Waals surface area contributed by atoms with Crippen LogP contribution in [-0.2, 0) is 17.5 Å². The Labute approximate surface area is 143 Å². The van der Waals surface area contributed by atoms with E-state index in [1.807, 2.05) is 37.3 Å². The Hall–Kier alpha value is -2.57. The Kier molecular flexibility index (Phi) is 6.01. The van der Waals surface area contributed by atoms with E-state index in [4.69, 9.17) is 0 Å². The fourth-order valence-electron chi connectivity index (χ4n) is 2.49. The predicted molar refractivity (Wildman–Crippen MR) is 88.2 cm³/mol. The highest BCUT2D eigenvalue weighted by Crippen LogP contribution is 2.28. The SMILES string of the molecule is CC[C@@H](CNC(=O)Cn1cc(C(F)(F)F)ccc1=O)c1ccccc1. The molecule has 0 aliphatic heterocycles. The topological polar surface area (TPSA) is 51.1 Å². The normalized spacial score (nSPS) is 12.6. The van der Waals surface area contributed by atoms with E-state index in [0.717, 1.165) is 22.6 Å². The van der Waals surface area contributed by atoms with Gasteiger partial charge in [-0.15, -0.1) is 0 Å². The smallest absolute Gasteiger partial charge is 0.354 e. The molecule has 25 heavy (non-hydrogen) atoms. The van der Waals surface area contributed by atoms with Gasteiger partial charge in [-0.05, 0) is 18.1 Å². The summed E-state index contributed by atoms with van der Waals surface area (Å²) in [6, 6.07) is 11.1. The molecule has 0 spiro atoms. The molecule has 0 aliphatic carbocycles. The number of amides is 1. The highest BCUT2D eigenvalue weighted by atomic mass is 19.4. The molecule has 1 aromatic carbocycles. The van der Waals surface area contributed by atoms with Crippen LogP contribution in [0.2, 0.25) is 0 Å². The van der Waals surface area contributed by atoms with E-state index in [9.17, 15) is 22.8 Å². The van der Waals surface area contributed by atoms with Crippen molar-refractivity contribution in [3.8, 4) is 0 Å². The van der Waals surface area contributed by atoms with Crippen molar-refractivity contribution in [1.29, 1.82) is 0 Å². The van der Waals surface area contributed by atoms with E-state index in [0.29, 0.717) is 18.8 Å². The third-order valence-electron chi connectivity index (χ3n) is 3.93. The Morgan fingerprint density at radius 1 is 1.16 bits per heavy atom. The first-order chi connectivity index (χ1) is 11.8. The molecule has 1 atom stereocenters. The van der Waals surface area contributed by atoms with Gasteiger partial charge in [0.1, 0.15) is 6.54 Å². The van der Waals surface area contributed by atoms with Crippen molar-refractivity contribution in [3.63, 3.8) is 0 Å². The highest BCUT2D eigenvalue weighted by Gasteiger charge is 2.31. The maximum atomic E-state index is 12.7. The van der Waals surface area contributed by atoms with Gasteiger partial charge in [-0.1, -0.05) is 37.3 Å². The van der Waals surface area contributed by atoms with Crippen LogP contribution >= 0.6 is 0 Å². The molecule has 0 saturated heterocycles. The monoisotopic (exact) mass is 352 g/mol. The Morgan fingerprint density at radius 2 is 1.84 bits per heavy atom. The molecule has 0 radical (unpaired) electrons. The number of rotatable bonds is 6. The number of aromatic nitrogens is 1. The molecule has 1 heterocycles. The van der Waals surface area contributed by atoms with E-state index < -0.39 is 29.8 Å². The van der Waals surface area contributed by atoms with Gasteiger partial charge in [0, 0.05) is 24.7 Å². The summed E-state index contributed by atoms with van der Waals surface area (Å²) < 4.78 is 38.9. The number of nitrogens with one attached hydrogen (secondary N) is 1. The number of nitrogens with zero attached hydrogens (tertiary/aromatic N) is 1. The summed E-state index contributed by atoms with van der Waals surface area (Å²) in [5.74, 6) is -0.404. The number of halogens is 3. The molecule has 2 rings (SSSR count). The zero-order valence-electron chi connectivity index (χ0n) is 13.7. The average Bonchev–Trinajstić information content (AvgIpc) is 2.57. The van der Waals surface area contributed by atoms with Crippen molar-refractivity contribution in [1.82, 2.24) is 9.88 Å². The Morgan fingerprint density at radius 3 is 2.44 bits per heavy atom. The molecule has 7 heteroatoms. The number of hydrogen-bond acceptors (Lipinski definition) is 2. The van der Waals surface area contributed by atoms with Gasteiger partial charge in [-0.25, -0.2) is 0 Å². The number of alkyl halides is 3. The lowest BCUT2D eigenvalue weighted by Gasteiger charge is -2.17. The second-order valence-electron chi connectivity index (χ2n) is 5.70. The molecule has 0 bridgehead atoms. The summed E-state index contributed by atoms with van der Waals surface area (Å²) in [5, 5.41) is 2.69. The van der Waals surface area contributed by atoms with Crippen LogP contribution < -0.4 is 10.9 Å². The minimum atomic E-state index is -4.56. The average molecular weight is 352 g/mol. The second kappa shape index (κ2) is 8.00. The lowest BCUT2D eigenvalue weighted by molar-refractivity contribution is -0.138. The second-order valence-corrected chi connectivity index (χ2v) is 5.70. The van der Waals surface area contributed by atoms with E-state index in [2.05, 4.69) is 5.32 Å². The van der Waals surface area contributed by atoms with Gasteiger partial charge in [0.25, 0.3) is 5.56 Å². The van der Waals surface area contributed by atoms with Crippen LogP contribution in [0.3, 0.4) is 0 Å². The molecular weight excluding hydrogens is 333 g/mol. The Bertz CT molecular complexity index is 770.